The Morgan fingerprint density at radius 3 is 1.53 bits per heavy atom. The Bertz CT molecular complexity index is 871. The van der Waals surface area contributed by atoms with E-state index in [0.29, 0.717) is 16.5 Å². The fourth-order valence-electron chi connectivity index (χ4n) is 6.68. The van der Waals surface area contributed by atoms with Crippen LogP contribution < -0.4 is 4.74 Å². The standard InChI is InChI=1S/C32H67P.C10H10O4/c1-5-9-13-17-18-19-20-21-22-24-28-31(27-23-14-10-6-2)32(33,29-25-15-11-7-3)30-26-16-12-8-4;1-14-9-6-7(2-4-8(9)11)3-5-10(12)13/h31H,5-30,33H2,1-4H3;2-6,11H,1H3,(H,12,13). The molecular formula is C42H77O4P. The van der Waals surface area contributed by atoms with Crippen molar-refractivity contribution in [2.24, 2.45) is 5.92 Å². The fourth-order valence-corrected chi connectivity index (χ4v) is 7.42. The predicted octanol–water partition coefficient (Wildman–Crippen LogP) is 13.9. The topological polar surface area (TPSA) is 66.8 Å². The largest absolute Gasteiger partial charge is 0.504 e. The van der Waals surface area contributed by atoms with Gasteiger partial charge in [0.2, 0.25) is 0 Å². The van der Waals surface area contributed by atoms with E-state index in [0.717, 1.165) is 12.0 Å². The molecule has 0 saturated heterocycles. The zero-order chi connectivity index (χ0) is 35.0. The van der Waals surface area contributed by atoms with Gasteiger partial charge in [-0.05, 0) is 60.5 Å². The number of phenolic OH excluding ortho intramolecular Hbond substituents is 1. The molecule has 0 aliphatic rings. The molecule has 2 unspecified atom stereocenters. The van der Waals surface area contributed by atoms with Crippen LogP contribution in [0.5, 0.6) is 11.5 Å². The van der Waals surface area contributed by atoms with E-state index >= 15 is 0 Å². The van der Waals surface area contributed by atoms with Crippen molar-refractivity contribution in [1.29, 1.82) is 0 Å². The highest BCUT2D eigenvalue weighted by atomic mass is 31.0. The number of hydrogen-bond acceptors (Lipinski definition) is 3. The molecule has 2 atom stereocenters. The molecule has 47 heavy (non-hydrogen) atoms. The molecule has 0 aliphatic heterocycles. The number of aliphatic carboxylic acids is 1. The Balaban J connectivity index is 0.00000125. The molecule has 0 aromatic heterocycles. The second kappa shape index (κ2) is 31.7. The minimum Gasteiger partial charge on any atom is -0.504 e. The van der Waals surface area contributed by atoms with E-state index in [2.05, 4.69) is 36.9 Å². The van der Waals surface area contributed by atoms with Gasteiger partial charge in [-0.1, -0.05) is 175 Å². The number of carbonyl (C=O) groups is 1. The van der Waals surface area contributed by atoms with Crippen LogP contribution in [0.4, 0.5) is 0 Å². The van der Waals surface area contributed by atoms with Crippen LogP contribution in [0.1, 0.15) is 200 Å². The maximum atomic E-state index is 10.2. The van der Waals surface area contributed by atoms with Gasteiger partial charge in [-0.3, -0.25) is 0 Å². The molecule has 0 bridgehead atoms. The Hall–Kier alpha value is -1.54. The van der Waals surface area contributed by atoms with Gasteiger partial charge in [-0.15, -0.1) is 9.24 Å². The molecule has 1 aromatic carbocycles. The normalized spacial score (nSPS) is 12.2. The summed E-state index contributed by atoms with van der Waals surface area (Å²) in [6.45, 7) is 9.36. The first kappa shape index (κ1) is 45.5. The lowest BCUT2D eigenvalue weighted by Gasteiger charge is -2.39. The smallest absolute Gasteiger partial charge is 0.328 e. The van der Waals surface area contributed by atoms with Gasteiger partial charge in [0.05, 0.1) is 7.11 Å². The third-order valence-electron chi connectivity index (χ3n) is 9.74. The van der Waals surface area contributed by atoms with Crippen molar-refractivity contribution in [2.45, 2.75) is 200 Å². The molecule has 0 aliphatic carbocycles. The van der Waals surface area contributed by atoms with Gasteiger partial charge in [0, 0.05) is 6.08 Å². The van der Waals surface area contributed by atoms with Crippen LogP contribution in [-0.4, -0.2) is 28.4 Å². The highest BCUT2D eigenvalue weighted by Crippen LogP contribution is 2.44. The molecular weight excluding hydrogens is 599 g/mol. The molecule has 0 fully saturated rings. The number of aromatic hydroxyl groups is 1. The van der Waals surface area contributed by atoms with E-state index in [1.807, 2.05) is 0 Å². The number of carboxylic acid groups (broad SMARTS) is 1. The first-order valence-corrected chi connectivity index (χ1v) is 20.4. The Kier molecular flexibility index (Phi) is 30.7. The fraction of sp³-hybridized carbons (Fsp3) is 0.786. The van der Waals surface area contributed by atoms with Crippen LogP contribution in [0.15, 0.2) is 24.3 Å². The van der Waals surface area contributed by atoms with E-state index in [1.54, 1.807) is 12.1 Å². The number of phenols is 1. The second-order valence-electron chi connectivity index (χ2n) is 14.0. The lowest BCUT2D eigenvalue weighted by atomic mass is 9.77. The summed E-state index contributed by atoms with van der Waals surface area (Å²) in [5.74, 6) is 0.270. The van der Waals surface area contributed by atoms with Crippen molar-refractivity contribution in [3.8, 4) is 11.5 Å². The number of carboxylic acids is 1. The number of benzene rings is 1. The number of methoxy groups -OCH3 is 1. The van der Waals surface area contributed by atoms with Gasteiger partial charge in [-0.25, -0.2) is 4.79 Å². The molecule has 4 nitrogen and oxygen atoms in total. The quantitative estimate of drug-likeness (QED) is 0.0483. The molecule has 0 radical (unpaired) electrons. The number of hydrogen-bond donors (Lipinski definition) is 2. The van der Waals surface area contributed by atoms with E-state index in [9.17, 15) is 9.90 Å². The van der Waals surface area contributed by atoms with Gasteiger partial charge < -0.3 is 14.9 Å². The number of ether oxygens (including phenoxy) is 1. The van der Waals surface area contributed by atoms with E-state index in [-0.39, 0.29) is 5.75 Å². The van der Waals surface area contributed by atoms with Gasteiger partial charge in [0.15, 0.2) is 11.5 Å². The van der Waals surface area contributed by atoms with Crippen LogP contribution in [0.3, 0.4) is 0 Å². The summed E-state index contributed by atoms with van der Waals surface area (Å²) in [7, 11) is 4.92. The van der Waals surface area contributed by atoms with Crippen molar-refractivity contribution in [3.05, 3.63) is 29.8 Å². The molecule has 0 saturated carbocycles. The van der Waals surface area contributed by atoms with Crippen molar-refractivity contribution in [2.75, 3.05) is 7.11 Å². The SMILES string of the molecule is CCCCCCCCCCCCC(CCCCCC)C(P)(CCCCCC)CCCCCC.COc1cc(C=CC(=O)O)ccc1O. The zero-order valence-corrected chi connectivity index (χ0v) is 32.8. The van der Waals surface area contributed by atoms with Crippen molar-refractivity contribution in [1.82, 2.24) is 0 Å². The van der Waals surface area contributed by atoms with Crippen molar-refractivity contribution < 1.29 is 19.7 Å². The van der Waals surface area contributed by atoms with Crippen LogP contribution >= 0.6 is 9.24 Å². The summed E-state index contributed by atoms with van der Waals surface area (Å²) in [6.07, 6.45) is 40.0. The van der Waals surface area contributed by atoms with Crippen molar-refractivity contribution in [3.63, 3.8) is 0 Å². The summed E-state index contributed by atoms with van der Waals surface area (Å²) < 4.78 is 4.86. The third-order valence-corrected chi connectivity index (χ3v) is 10.8. The van der Waals surface area contributed by atoms with E-state index in [4.69, 9.17) is 9.84 Å². The molecule has 2 N–H and O–H groups in total. The zero-order valence-electron chi connectivity index (χ0n) is 31.6. The molecule has 5 heteroatoms. The first-order chi connectivity index (χ1) is 22.8. The Labute approximate surface area is 294 Å². The highest BCUT2D eigenvalue weighted by Gasteiger charge is 2.32. The predicted molar refractivity (Wildman–Crippen MR) is 210 cm³/mol. The molecule has 0 amide bonds. The van der Waals surface area contributed by atoms with Crippen molar-refractivity contribution >= 4 is 21.3 Å². The molecule has 0 heterocycles. The summed E-state index contributed by atoms with van der Waals surface area (Å²) >= 11 is 0. The van der Waals surface area contributed by atoms with Crippen LogP contribution in [0, 0.1) is 5.92 Å². The van der Waals surface area contributed by atoms with E-state index in [1.165, 1.54) is 186 Å². The minimum absolute atomic E-state index is 0.0278. The van der Waals surface area contributed by atoms with Crippen LogP contribution in [0.2, 0.25) is 0 Å². The first-order valence-electron chi connectivity index (χ1n) is 19.8. The summed E-state index contributed by atoms with van der Waals surface area (Å²) in [6, 6.07) is 4.59. The monoisotopic (exact) mass is 677 g/mol. The maximum absolute atomic E-state index is 10.2. The second-order valence-corrected chi connectivity index (χ2v) is 15.1. The summed E-state index contributed by atoms with van der Waals surface area (Å²) in [5, 5.41) is 18.2. The lowest BCUT2D eigenvalue weighted by Crippen LogP contribution is -2.32. The van der Waals surface area contributed by atoms with Gasteiger partial charge >= 0.3 is 5.97 Å². The van der Waals surface area contributed by atoms with Gasteiger partial charge in [0.1, 0.15) is 0 Å². The molecule has 0 spiro atoms. The van der Waals surface area contributed by atoms with Gasteiger partial charge in [0.25, 0.3) is 0 Å². The Morgan fingerprint density at radius 2 is 1.11 bits per heavy atom. The van der Waals surface area contributed by atoms with Crippen LogP contribution in [0.25, 0.3) is 6.08 Å². The van der Waals surface area contributed by atoms with Crippen LogP contribution in [-0.2, 0) is 4.79 Å². The third kappa shape index (κ3) is 25.1. The Morgan fingerprint density at radius 1 is 0.702 bits per heavy atom. The average Bonchev–Trinajstić information content (AvgIpc) is 3.06. The summed E-state index contributed by atoms with van der Waals surface area (Å²) in [4.78, 5) is 10.2. The number of rotatable bonds is 30. The molecule has 1 rings (SSSR count). The highest BCUT2D eigenvalue weighted by molar-refractivity contribution is 7.19. The lowest BCUT2D eigenvalue weighted by molar-refractivity contribution is -0.131. The number of unbranched alkanes of at least 4 members (excludes halogenated alkanes) is 18. The summed E-state index contributed by atoms with van der Waals surface area (Å²) in [5.41, 5.74) is 0.655. The average molecular weight is 677 g/mol. The molecule has 1 aromatic rings. The maximum Gasteiger partial charge on any atom is 0.328 e. The van der Waals surface area contributed by atoms with Gasteiger partial charge in [-0.2, -0.15) is 0 Å². The minimum atomic E-state index is -1.02. The van der Waals surface area contributed by atoms with E-state index < -0.39 is 5.97 Å². The molecule has 274 valence electrons.